The molecule has 0 radical (unpaired) electrons. The molecule has 2 heterocycles. The van der Waals surface area contributed by atoms with E-state index in [2.05, 4.69) is 211 Å². The minimum absolute atomic E-state index is 0.705. The van der Waals surface area contributed by atoms with Crippen LogP contribution in [-0.4, -0.2) is 0 Å². The van der Waals surface area contributed by atoms with Gasteiger partial charge in [0.2, 0.25) is 0 Å². The maximum absolute atomic E-state index is 6.91. The summed E-state index contributed by atoms with van der Waals surface area (Å²) in [5.41, 5.74) is 16.3. The third-order valence-corrected chi connectivity index (χ3v) is 12.4. The van der Waals surface area contributed by atoms with Crippen molar-refractivity contribution in [1.29, 1.82) is 0 Å². The van der Waals surface area contributed by atoms with Gasteiger partial charge in [-0.1, -0.05) is 170 Å². The van der Waals surface area contributed by atoms with Gasteiger partial charge < -0.3 is 14.1 Å². The molecular formula is C57H37NO2. The molecule has 0 fully saturated rings. The van der Waals surface area contributed by atoms with Crippen LogP contribution >= 0.6 is 0 Å². The Hall–Kier alpha value is -7.88. The third kappa shape index (κ3) is 5.16. The molecule has 0 N–H and O–H groups in total. The van der Waals surface area contributed by atoms with Gasteiger partial charge in [0, 0.05) is 22.6 Å². The smallest absolute Gasteiger partial charge is 0.178 e. The summed E-state index contributed by atoms with van der Waals surface area (Å²) in [7, 11) is 0. The maximum atomic E-state index is 6.91. The molecule has 1 aliphatic carbocycles. The highest BCUT2D eigenvalue weighted by molar-refractivity contribution is 5.95. The van der Waals surface area contributed by atoms with Gasteiger partial charge in [0.1, 0.15) is 16.7 Å². The van der Waals surface area contributed by atoms with Gasteiger partial charge in [0.25, 0.3) is 0 Å². The number of rotatable bonds is 6. The Morgan fingerprint density at radius 2 is 0.850 bits per heavy atom. The Bertz CT molecular complexity index is 3220. The molecule has 9 aromatic carbocycles. The van der Waals surface area contributed by atoms with Crippen LogP contribution in [-0.2, 0) is 5.41 Å². The van der Waals surface area contributed by atoms with Gasteiger partial charge in [0.05, 0.1) is 5.39 Å². The van der Waals surface area contributed by atoms with E-state index in [1.165, 1.54) is 55.6 Å². The average Bonchev–Trinajstić information content (AvgIpc) is 3.84. The number of benzene rings is 9. The number of furan rings is 1. The zero-order chi connectivity index (χ0) is 39.6. The lowest BCUT2D eigenvalue weighted by Gasteiger charge is -2.36. The molecule has 282 valence electrons. The van der Waals surface area contributed by atoms with E-state index >= 15 is 0 Å². The summed E-state index contributed by atoms with van der Waals surface area (Å²) in [6.45, 7) is 0. The first-order valence-corrected chi connectivity index (χ1v) is 20.5. The number of anilines is 3. The second-order valence-corrected chi connectivity index (χ2v) is 15.6. The van der Waals surface area contributed by atoms with Gasteiger partial charge in [0.15, 0.2) is 11.5 Å². The summed E-state index contributed by atoms with van der Waals surface area (Å²) >= 11 is 0. The summed E-state index contributed by atoms with van der Waals surface area (Å²) in [6.07, 6.45) is 0. The second kappa shape index (κ2) is 13.6. The van der Waals surface area contributed by atoms with E-state index in [-0.39, 0.29) is 0 Å². The van der Waals surface area contributed by atoms with E-state index in [1.807, 2.05) is 18.2 Å². The molecule has 3 heteroatoms. The van der Waals surface area contributed by atoms with Crippen molar-refractivity contribution in [2.75, 3.05) is 4.90 Å². The van der Waals surface area contributed by atoms with Crippen LogP contribution in [0.15, 0.2) is 229 Å². The second-order valence-electron chi connectivity index (χ2n) is 15.6. The fourth-order valence-corrected chi connectivity index (χ4v) is 9.69. The highest BCUT2D eigenvalue weighted by atomic mass is 16.5. The summed E-state index contributed by atoms with van der Waals surface area (Å²) in [4.78, 5) is 2.38. The number of fused-ring (bicyclic) bond motifs is 11. The minimum atomic E-state index is -0.705. The van der Waals surface area contributed by atoms with E-state index in [1.54, 1.807) is 0 Å². The molecule has 2 aliphatic rings. The number of hydrogen-bond donors (Lipinski definition) is 0. The minimum Gasteiger partial charge on any atom is -0.455 e. The number of para-hydroxylation sites is 2. The van der Waals surface area contributed by atoms with E-state index in [0.29, 0.717) is 0 Å². The molecule has 0 saturated carbocycles. The molecule has 0 bridgehead atoms. The monoisotopic (exact) mass is 767 g/mol. The number of nitrogens with zero attached hydrogens (tertiary/aromatic N) is 1. The van der Waals surface area contributed by atoms with E-state index in [0.717, 1.165) is 50.9 Å². The van der Waals surface area contributed by atoms with Crippen molar-refractivity contribution in [2.24, 2.45) is 0 Å². The molecular weight excluding hydrogens is 731 g/mol. The zero-order valence-corrected chi connectivity index (χ0v) is 32.6. The molecule has 1 unspecified atom stereocenters. The van der Waals surface area contributed by atoms with Crippen LogP contribution in [0, 0.1) is 0 Å². The first kappa shape index (κ1) is 34.2. The van der Waals surface area contributed by atoms with Gasteiger partial charge >= 0.3 is 0 Å². The molecule has 0 saturated heterocycles. The molecule has 1 aromatic heterocycles. The molecule has 10 aromatic rings. The molecule has 12 rings (SSSR count). The molecule has 0 amide bonds. The lowest BCUT2D eigenvalue weighted by atomic mass is 9.69. The van der Waals surface area contributed by atoms with Gasteiger partial charge in [-0.05, 0) is 110 Å². The van der Waals surface area contributed by atoms with Crippen molar-refractivity contribution in [1.82, 2.24) is 0 Å². The van der Waals surface area contributed by atoms with Gasteiger partial charge in [-0.3, -0.25) is 0 Å². The number of hydrogen-bond acceptors (Lipinski definition) is 3. The van der Waals surface area contributed by atoms with Crippen molar-refractivity contribution in [2.45, 2.75) is 5.41 Å². The third-order valence-electron chi connectivity index (χ3n) is 12.4. The van der Waals surface area contributed by atoms with Crippen LogP contribution in [0.4, 0.5) is 17.1 Å². The van der Waals surface area contributed by atoms with Crippen molar-refractivity contribution >= 4 is 28.0 Å². The summed E-state index contributed by atoms with van der Waals surface area (Å²) in [5.74, 6) is 2.45. The molecule has 60 heavy (non-hydrogen) atoms. The van der Waals surface area contributed by atoms with Crippen LogP contribution in [0.1, 0.15) is 22.5 Å². The topological polar surface area (TPSA) is 25.6 Å². The molecule has 1 aliphatic heterocycles. The van der Waals surface area contributed by atoms with E-state index < -0.39 is 5.41 Å². The van der Waals surface area contributed by atoms with Gasteiger partial charge in [-0.2, -0.15) is 0 Å². The Kier molecular flexibility index (Phi) is 7.76. The highest BCUT2D eigenvalue weighted by Crippen LogP contribution is 2.64. The van der Waals surface area contributed by atoms with Crippen LogP contribution in [0.3, 0.4) is 0 Å². The van der Waals surface area contributed by atoms with Crippen LogP contribution in [0.5, 0.6) is 11.5 Å². The Labute approximate surface area is 349 Å². The maximum Gasteiger partial charge on any atom is 0.178 e. The molecule has 1 atom stereocenters. The first-order valence-electron chi connectivity index (χ1n) is 20.5. The van der Waals surface area contributed by atoms with Crippen molar-refractivity contribution in [3.63, 3.8) is 0 Å². The van der Waals surface area contributed by atoms with Crippen LogP contribution in [0.2, 0.25) is 0 Å². The number of ether oxygens (including phenoxy) is 1. The summed E-state index contributed by atoms with van der Waals surface area (Å²) in [5, 5.41) is 0.976. The van der Waals surface area contributed by atoms with E-state index in [4.69, 9.17) is 9.15 Å². The van der Waals surface area contributed by atoms with Gasteiger partial charge in [-0.25, -0.2) is 0 Å². The van der Waals surface area contributed by atoms with Crippen LogP contribution < -0.4 is 9.64 Å². The first-order chi connectivity index (χ1) is 29.8. The molecule has 1 spiro atoms. The fraction of sp³-hybridized carbons (Fsp3) is 0.0175. The Morgan fingerprint density at radius 3 is 1.57 bits per heavy atom. The lowest BCUT2D eigenvalue weighted by Crippen LogP contribution is -2.31. The van der Waals surface area contributed by atoms with Crippen molar-refractivity contribution < 1.29 is 9.15 Å². The highest BCUT2D eigenvalue weighted by Gasteiger charge is 2.54. The Morgan fingerprint density at radius 1 is 0.350 bits per heavy atom. The average molecular weight is 768 g/mol. The summed E-state index contributed by atoms with van der Waals surface area (Å²) < 4.78 is 13.7. The van der Waals surface area contributed by atoms with E-state index in [9.17, 15) is 0 Å². The zero-order valence-electron chi connectivity index (χ0n) is 32.6. The standard InChI is InChI=1S/C57H37NO2/c1-3-15-38(16-4-1)39-27-31-42(32-28-39)58(43-33-29-41(30-34-43)46-20-8-7-19-45(46)40-17-5-2-6-18-40)44-35-36-51-49(37-44)47-21-9-11-23-50(47)57(51)52-24-12-14-26-54(52)59-55-48-22-10-13-25-53(48)60-56(55)57/h1-37H. The van der Waals surface area contributed by atoms with Crippen molar-refractivity contribution in [3.8, 4) is 56.0 Å². The van der Waals surface area contributed by atoms with Crippen molar-refractivity contribution in [3.05, 3.63) is 247 Å². The van der Waals surface area contributed by atoms with Crippen LogP contribution in [0.25, 0.3) is 55.5 Å². The normalized spacial score (nSPS) is 14.5. The Balaban J connectivity index is 1.04. The lowest BCUT2D eigenvalue weighted by molar-refractivity contribution is 0.389. The molecule has 3 nitrogen and oxygen atoms in total. The summed E-state index contributed by atoms with van der Waals surface area (Å²) in [6, 6.07) is 80.2. The van der Waals surface area contributed by atoms with Gasteiger partial charge in [-0.15, -0.1) is 0 Å². The SMILES string of the molecule is c1ccc(-c2ccc(N(c3ccc(-c4ccccc4-c4ccccc4)cc3)c3ccc4c(c3)-c3ccccc3C43c4ccccc4Oc4c3oc3ccccc43)cc2)cc1. The quantitative estimate of drug-likeness (QED) is 0.168. The largest absolute Gasteiger partial charge is 0.455 e. The fourth-order valence-electron chi connectivity index (χ4n) is 9.69. The predicted octanol–water partition coefficient (Wildman–Crippen LogP) is 15.4. The predicted molar refractivity (Wildman–Crippen MR) is 245 cm³/mol.